The van der Waals surface area contributed by atoms with E-state index in [0.717, 1.165) is 12.8 Å². The molecule has 0 bridgehead atoms. The van der Waals surface area contributed by atoms with E-state index in [1.54, 1.807) is 4.90 Å². The molecule has 6 heteroatoms. The fraction of sp³-hybridized carbons (Fsp3) is 0.706. The molecule has 0 aromatic rings. The van der Waals surface area contributed by atoms with Gasteiger partial charge in [0.05, 0.1) is 7.11 Å². The van der Waals surface area contributed by atoms with Crippen molar-refractivity contribution in [2.75, 3.05) is 20.2 Å². The van der Waals surface area contributed by atoms with E-state index in [9.17, 15) is 14.4 Å². The number of ketones is 1. The number of Topliss-reactive ketones (excluding diaryl/α,β-unsaturated/α-hetero) is 1. The molecule has 0 aromatic heterocycles. The number of methoxy groups -OCH3 is 1. The molecular formula is C17H27NO5. The van der Waals surface area contributed by atoms with E-state index >= 15 is 0 Å². The van der Waals surface area contributed by atoms with Crippen molar-refractivity contribution in [1.29, 1.82) is 0 Å². The van der Waals surface area contributed by atoms with Crippen LogP contribution in [0.3, 0.4) is 0 Å². The molecule has 0 aromatic carbocycles. The standard InChI is InChI=1S/C17H27NO5/c1-17(2,3)23-16(21)18-10-8-13(9-11-18)6-5-7-14(19)12-15(20)22-4/h6H,5,7-12H2,1-4H3. The lowest BCUT2D eigenvalue weighted by Gasteiger charge is -2.31. The van der Waals surface area contributed by atoms with Gasteiger partial charge < -0.3 is 14.4 Å². The number of carbonyl (C=O) groups is 3. The van der Waals surface area contributed by atoms with Crippen molar-refractivity contribution in [1.82, 2.24) is 4.90 Å². The normalized spacial score (nSPS) is 15.1. The second kappa shape index (κ2) is 8.70. The molecule has 0 N–H and O–H groups in total. The van der Waals surface area contributed by atoms with Gasteiger partial charge in [-0.2, -0.15) is 0 Å². The molecule has 1 heterocycles. The molecule has 130 valence electrons. The van der Waals surface area contributed by atoms with Gasteiger partial charge in [-0.15, -0.1) is 0 Å². The van der Waals surface area contributed by atoms with E-state index in [-0.39, 0.29) is 18.3 Å². The molecule has 0 spiro atoms. The first-order chi connectivity index (χ1) is 10.7. The van der Waals surface area contributed by atoms with Gasteiger partial charge in [0, 0.05) is 19.5 Å². The Bertz CT molecular complexity index is 466. The van der Waals surface area contributed by atoms with Gasteiger partial charge >= 0.3 is 12.1 Å². The first-order valence-corrected chi connectivity index (χ1v) is 7.95. The highest BCUT2D eigenvalue weighted by Gasteiger charge is 2.24. The Morgan fingerprint density at radius 1 is 1.17 bits per heavy atom. The third-order valence-corrected chi connectivity index (χ3v) is 3.48. The minimum atomic E-state index is -0.492. The highest BCUT2D eigenvalue weighted by atomic mass is 16.6. The average molecular weight is 325 g/mol. The van der Waals surface area contributed by atoms with Crippen LogP contribution in [-0.4, -0.2) is 48.5 Å². The second-order valence-electron chi connectivity index (χ2n) is 6.66. The van der Waals surface area contributed by atoms with Crippen molar-refractivity contribution >= 4 is 17.8 Å². The summed E-state index contributed by atoms with van der Waals surface area (Å²) < 4.78 is 9.81. The lowest BCUT2D eigenvalue weighted by molar-refractivity contribution is -0.143. The lowest BCUT2D eigenvalue weighted by Crippen LogP contribution is -2.40. The molecule has 1 aliphatic heterocycles. The van der Waals surface area contributed by atoms with Crippen LogP contribution < -0.4 is 0 Å². The fourth-order valence-electron chi connectivity index (χ4n) is 2.27. The monoisotopic (exact) mass is 325 g/mol. The van der Waals surface area contributed by atoms with Gasteiger partial charge in [-0.05, 0) is 40.0 Å². The molecule has 1 rings (SSSR count). The Labute approximate surface area is 137 Å². The summed E-state index contributed by atoms with van der Waals surface area (Å²) in [6.45, 7) is 6.83. The number of nitrogens with zero attached hydrogens (tertiary/aromatic N) is 1. The molecule has 23 heavy (non-hydrogen) atoms. The molecule has 1 amide bonds. The molecule has 1 aliphatic rings. The molecule has 0 radical (unpaired) electrons. The quantitative estimate of drug-likeness (QED) is 0.441. The van der Waals surface area contributed by atoms with Crippen LogP contribution in [0.4, 0.5) is 4.79 Å². The summed E-state index contributed by atoms with van der Waals surface area (Å²) >= 11 is 0. The molecule has 1 saturated heterocycles. The Kier molecular flexibility index (Phi) is 7.26. The number of amides is 1. The number of esters is 1. The van der Waals surface area contributed by atoms with Gasteiger partial charge in [0.25, 0.3) is 0 Å². The Hall–Kier alpha value is -1.85. The van der Waals surface area contributed by atoms with E-state index in [4.69, 9.17) is 4.74 Å². The van der Waals surface area contributed by atoms with Gasteiger partial charge in [0.1, 0.15) is 17.8 Å². The average Bonchev–Trinajstić information content (AvgIpc) is 2.46. The van der Waals surface area contributed by atoms with Crippen LogP contribution in [0.1, 0.15) is 52.9 Å². The summed E-state index contributed by atoms with van der Waals surface area (Å²) in [7, 11) is 1.27. The van der Waals surface area contributed by atoms with Crippen LogP contribution in [-0.2, 0) is 19.1 Å². The first kappa shape index (κ1) is 19.2. The van der Waals surface area contributed by atoms with E-state index in [0.29, 0.717) is 25.9 Å². The first-order valence-electron chi connectivity index (χ1n) is 7.95. The number of ether oxygens (including phenoxy) is 2. The summed E-state index contributed by atoms with van der Waals surface area (Å²) in [5.41, 5.74) is 0.767. The number of piperidine rings is 1. The largest absolute Gasteiger partial charge is 0.469 e. The Balaban J connectivity index is 2.31. The van der Waals surface area contributed by atoms with Gasteiger partial charge in [0.15, 0.2) is 0 Å². The van der Waals surface area contributed by atoms with Crippen molar-refractivity contribution in [3.8, 4) is 0 Å². The zero-order valence-electron chi connectivity index (χ0n) is 14.5. The second-order valence-corrected chi connectivity index (χ2v) is 6.66. The highest BCUT2D eigenvalue weighted by molar-refractivity contribution is 5.95. The fourth-order valence-corrected chi connectivity index (χ4v) is 2.27. The summed E-state index contributed by atoms with van der Waals surface area (Å²) in [6, 6.07) is 0. The smallest absolute Gasteiger partial charge is 0.410 e. The van der Waals surface area contributed by atoms with Crippen LogP contribution in [0.25, 0.3) is 0 Å². The van der Waals surface area contributed by atoms with Crippen LogP contribution in [0.5, 0.6) is 0 Å². The number of allylic oxidation sites excluding steroid dienone is 1. The van der Waals surface area contributed by atoms with Crippen molar-refractivity contribution in [2.24, 2.45) is 0 Å². The molecule has 0 unspecified atom stereocenters. The minimum absolute atomic E-state index is 0.111. The summed E-state index contributed by atoms with van der Waals surface area (Å²) in [6.07, 6.45) is 4.17. The molecule has 0 aliphatic carbocycles. The predicted octanol–water partition coefficient (Wildman–Crippen LogP) is 2.86. The molecular weight excluding hydrogens is 298 g/mol. The van der Waals surface area contributed by atoms with Crippen LogP contribution in [0, 0.1) is 0 Å². The summed E-state index contributed by atoms with van der Waals surface area (Å²) in [5.74, 6) is -0.604. The maximum atomic E-state index is 12.0. The maximum absolute atomic E-state index is 12.0. The number of rotatable bonds is 5. The van der Waals surface area contributed by atoms with Crippen molar-refractivity contribution in [3.05, 3.63) is 11.6 Å². The third-order valence-electron chi connectivity index (χ3n) is 3.48. The molecule has 0 saturated carbocycles. The zero-order chi connectivity index (χ0) is 17.5. The van der Waals surface area contributed by atoms with E-state index in [1.165, 1.54) is 12.7 Å². The van der Waals surface area contributed by atoms with Crippen LogP contribution in [0.2, 0.25) is 0 Å². The number of hydrogen-bond donors (Lipinski definition) is 0. The molecule has 6 nitrogen and oxygen atoms in total. The number of likely N-dealkylation sites (tertiary alicyclic amines) is 1. The SMILES string of the molecule is COC(=O)CC(=O)CCC=C1CCN(C(=O)OC(C)(C)C)CC1. The van der Waals surface area contributed by atoms with Gasteiger partial charge in [-0.3, -0.25) is 9.59 Å². The highest BCUT2D eigenvalue weighted by Crippen LogP contribution is 2.19. The van der Waals surface area contributed by atoms with Crippen LogP contribution in [0.15, 0.2) is 11.6 Å². The Morgan fingerprint density at radius 3 is 2.30 bits per heavy atom. The predicted molar refractivity (Wildman–Crippen MR) is 86.0 cm³/mol. The van der Waals surface area contributed by atoms with Crippen molar-refractivity contribution in [3.63, 3.8) is 0 Å². The molecule has 0 atom stereocenters. The number of hydrogen-bond acceptors (Lipinski definition) is 5. The lowest BCUT2D eigenvalue weighted by atomic mass is 10.0. The van der Waals surface area contributed by atoms with Crippen molar-refractivity contribution in [2.45, 2.75) is 58.5 Å². The summed E-state index contributed by atoms with van der Waals surface area (Å²) in [4.78, 5) is 36.2. The summed E-state index contributed by atoms with van der Waals surface area (Å²) in [5, 5.41) is 0. The van der Waals surface area contributed by atoms with Gasteiger partial charge in [-0.25, -0.2) is 4.79 Å². The minimum Gasteiger partial charge on any atom is -0.469 e. The third kappa shape index (κ3) is 7.81. The van der Waals surface area contributed by atoms with Gasteiger partial charge in [-0.1, -0.05) is 11.6 Å². The van der Waals surface area contributed by atoms with E-state index in [2.05, 4.69) is 4.74 Å². The molecule has 1 fully saturated rings. The van der Waals surface area contributed by atoms with E-state index < -0.39 is 11.6 Å². The Morgan fingerprint density at radius 2 is 1.78 bits per heavy atom. The van der Waals surface area contributed by atoms with Gasteiger partial charge in [0.2, 0.25) is 0 Å². The topological polar surface area (TPSA) is 72.9 Å². The number of carbonyl (C=O) groups excluding carboxylic acids is 3. The van der Waals surface area contributed by atoms with Crippen LogP contribution >= 0.6 is 0 Å². The zero-order valence-corrected chi connectivity index (χ0v) is 14.5. The maximum Gasteiger partial charge on any atom is 0.410 e. The van der Waals surface area contributed by atoms with Crippen molar-refractivity contribution < 1.29 is 23.9 Å². The van der Waals surface area contributed by atoms with E-state index in [1.807, 2.05) is 26.8 Å².